The van der Waals surface area contributed by atoms with Crippen molar-refractivity contribution in [3.63, 3.8) is 0 Å². The van der Waals surface area contributed by atoms with Crippen molar-refractivity contribution in [1.82, 2.24) is 4.90 Å². The van der Waals surface area contributed by atoms with Gasteiger partial charge in [0.05, 0.1) is 25.2 Å². The molecule has 2 amide bonds. The molecule has 0 saturated carbocycles. The molecule has 1 fully saturated rings. The molecule has 0 N–H and O–H groups in total. The van der Waals surface area contributed by atoms with Crippen LogP contribution in [0.4, 0.5) is 4.79 Å². The maximum absolute atomic E-state index is 12.8. The molecule has 0 atom stereocenters. The van der Waals surface area contributed by atoms with Crippen LogP contribution in [0.3, 0.4) is 0 Å². The molecule has 152 valence electrons. The lowest BCUT2D eigenvalue weighted by Crippen LogP contribution is -2.27. The number of ether oxygens (including phenoxy) is 2. The van der Waals surface area contributed by atoms with Gasteiger partial charge in [0.25, 0.3) is 11.1 Å². The third kappa shape index (κ3) is 5.14. The maximum atomic E-state index is 12.8. The Morgan fingerprint density at radius 2 is 1.90 bits per heavy atom. The molecule has 0 bridgehead atoms. The highest BCUT2D eigenvalue weighted by molar-refractivity contribution is 8.18. The molecular formula is C22H22ClNO4S. The fourth-order valence-electron chi connectivity index (χ4n) is 2.73. The van der Waals surface area contributed by atoms with Crippen LogP contribution < -0.4 is 9.47 Å². The van der Waals surface area contributed by atoms with Crippen molar-refractivity contribution < 1.29 is 19.1 Å². The third-order valence-electron chi connectivity index (χ3n) is 4.22. The van der Waals surface area contributed by atoms with Crippen molar-refractivity contribution in [2.45, 2.75) is 20.4 Å². The second kappa shape index (κ2) is 9.37. The van der Waals surface area contributed by atoms with Crippen LogP contribution in [0.15, 0.2) is 47.4 Å². The van der Waals surface area contributed by atoms with E-state index >= 15 is 0 Å². The Labute approximate surface area is 179 Å². The van der Waals surface area contributed by atoms with Crippen LogP contribution in [0.5, 0.6) is 11.5 Å². The number of methoxy groups -OCH3 is 1. The Hall–Kier alpha value is -2.44. The lowest BCUT2D eigenvalue weighted by Gasteiger charge is -2.13. The van der Waals surface area contributed by atoms with Crippen LogP contribution in [-0.2, 0) is 11.3 Å². The zero-order valence-corrected chi connectivity index (χ0v) is 18.0. The predicted octanol–water partition coefficient (Wildman–Crippen LogP) is 5.62. The van der Waals surface area contributed by atoms with Gasteiger partial charge in [-0.3, -0.25) is 14.5 Å². The standard InChI is InChI=1S/C22H22ClNO4S/c1-14(2)13-28-18-9-8-15(10-19(18)27-3)11-20-21(25)24(22(26)29-20)12-16-6-4-5-7-17(16)23/h4-11,14H,12-13H2,1-3H3/b20-11-. The average Bonchev–Trinajstić information content (AvgIpc) is 2.95. The molecule has 1 heterocycles. The van der Waals surface area contributed by atoms with Crippen molar-refractivity contribution in [2.75, 3.05) is 13.7 Å². The lowest BCUT2D eigenvalue weighted by atomic mass is 10.1. The van der Waals surface area contributed by atoms with Gasteiger partial charge in [0.2, 0.25) is 0 Å². The molecule has 3 rings (SSSR count). The summed E-state index contributed by atoms with van der Waals surface area (Å²) >= 11 is 7.08. The van der Waals surface area contributed by atoms with E-state index in [4.69, 9.17) is 21.1 Å². The number of halogens is 1. The van der Waals surface area contributed by atoms with Crippen molar-refractivity contribution in [2.24, 2.45) is 5.92 Å². The Balaban J connectivity index is 1.79. The van der Waals surface area contributed by atoms with Gasteiger partial charge in [-0.1, -0.05) is 49.7 Å². The summed E-state index contributed by atoms with van der Waals surface area (Å²) in [6.07, 6.45) is 1.69. The largest absolute Gasteiger partial charge is 0.493 e. The van der Waals surface area contributed by atoms with E-state index in [-0.39, 0.29) is 17.7 Å². The van der Waals surface area contributed by atoms with E-state index in [1.54, 1.807) is 37.5 Å². The second-order valence-corrected chi connectivity index (χ2v) is 8.37. The van der Waals surface area contributed by atoms with Gasteiger partial charge < -0.3 is 9.47 Å². The maximum Gasteiger partial charge on any atom is 0.293 e. The predicted molar refractivity (Wildman–Crippen MR) is 116 cm³/mol. The highest BCUT2D eigenvalue weighted by atomic mass is 35.5. The molecule has 1 aliphatic rings. The van der Waals surface area contributed by atoms with Gasteiger partial charge in [-0.15, -0.1) is 0 Å². The molecule has 1 saturated heterocycles. The number of hydrogen-bond acceptors (Lipinski definition) is 5. The highest BCUT2D eigenvalue weighted by Gasteiger charge is 2.35. The molecule has 5 nitrogen and oxygen atoms in total. The Bertz CT molecular complexity index is 958. The number of hydrogen-bond donors (Lipinski definition) is 0. The van der Waals surface area contributed by atoms with E-state index < -0.39 is 0 Å². The smallest absolute Gasteiger partial charge is 0.293 e. The molecule has 0 aromatic heterocycles. The zero-order valence-electron chi connectivity index (χ0n) is 16.5. The first-order valence-electron chi connectivity index (χ1n) is 9.18. The Morgan fingerprint density at radius 1 is 1.14 bits per heavy atom. The number of rotatable bonds is 7. The number of amides is 2. The van der Waals surface area contributed by atoms with E-state index in [9.17, 15) is 9.59 Å². The fraction of sp³-hybridized carbons (Fsp3) is 0.273. The van der Waals surface area contributed by atoms with Crippen LogP contribution in [0, 0.1) is 5.92 Å². The molecule has 2 aromatic rings. The number of imide groups is 1. The summed E-state index contributed by atoms with van der Waals surface area (Å²) < 4.78 is 11.2. The summed E-state index contributed by atoms with van der Waals surface area (Å²) in [4.78, 5) is 26.7. The summed E-state index contributed by atoms with van der Waals surface area (Å²) in [7, 11) is 1.57. The van der Waals surface area contributed by atoms with E-state index in [2.05, 4.69) is 13.8 Å². The van der Waals surface area contributed by atoms with Gasteiger partial charge in [-0.2, -0.15) is 0 Å². The molecular weight excluding hydrogens is 410 g/mol. The topological polar surface area (TPSA) is 55.8 Å². The van der Waals surface area contributed by atoms with Crippen LogP contribution in [-0.4, -0.2) is 29.8 Å². The molecule has 1 aliphatic heterocycles. The molecule has 0 spiro atoms. The molecule has 7 heteroatoms. The van der Waals surface area contributed by atoms with Crippen molar-refractivity contribution in [3.8, 4) is 11.5 Å². The molecule has 0 unspecified atom stereocenters. The van der Waals surface area contributed by atoms with Gasteiger partial charge >= 0.3 is 0 Å². The highest BCUT2D eigenvalue weighted by Crippen LogP contribution is 2.36. The summed E-state index contributed by atoms with van der Waals surface area (Å²) in [6.45, 7) is 4.86. The molecule has 29 heavy (non-hydrogen) atoms. The number of nitrogens with zero attached hydrogens (tertiary/aromatic N) is 1. The Morgan fingerprint density at radius 3 is 2.59 bits per heavy atom. The minimum atomic E-state index is -0.334. The average molecular weight is 432 g/mol. The van der Waals surface area contributed by atoms with Gasteiger partial charge in [-0.25, -0.2) is 0 Å². The van der Waals surface area contributed by atoms with E-state index in [0.29, 0.717) is 34.0 Å². The third-order valence-corrected chi connectivity index (χ3v) is 5.49. The summed E-state index contributed by atoms with van der Waals surface area (Å²) in [5, 5.41) is 0.210. The van der Waals surface area contributed by atoms with Crippen molar-refractivity contribution in [3.05, 3.63) is 63.5 Å². The lowest BCUT2D eigenvalue weighted by molar-refractivity contribution is -0.123. The first kappa shape index (κ1) is 21.3. The zero-order chi connectivity index (χ0) is 21.0. The number of carbonyl (C=O) groups is 2. The van der Waals surface area contributed by atoms with E-state index in [0.717, 1.165) is 22.9 Å². The van der Waals surface area contributed by atoms with Crippen LogP contribution in [0.25, 0.3) is 6.08 Å². The molecule has 2 aromatic carbocycles. The second-order valence-electron chi connectivity index (χ2n) is 6.97. The number of carbonyl (C=O) groups excluding carboxylic acids is 2. The first-order chi connectivity index (χ1) is 13.9. The quantitative estimate of drug-likeness (QED) is 0.532. The van der Waals surface area contributed by atoms with Crippen molar-refractivity contribution in [1.29, 1.82) is 0 Å². The fourth-order valence-corrected chi connectivity index (χ4v) is 3.77. The Kier molecular flexibility index (Phi) is 6.87. The number of benzene rings is 2. The number of thioether (sulfide) groups is 1. The van der Waals surface area contributed by atoms with Gasteiger partial charge in [0.15, 0.2) is 11.5 Å². The van der Waals surface area contributed by atoms with E-state index in [1.165, 1.54) is 4.90 Å². The van der Waals surface area contributed by atoms with Crippen LogP contribution in [0.1, 0.15) is 25.0 Å². The summed E-state index contributed by atoms with van der Waals surface area (Å²) in [6, 6.07) is 12.6. The minimum absolute atomic E-state index is 0.146. The van der Waals surface area contributed by atoms with E-state index in [1.807, 2.05) is 18.2 Å². The first-order valence-corrected chi connectivity index (χ1v) is 10.4. The van der Waals surface area contributed by atoms with Gasteiger partial charge in [-0.05, 0) is 53.1 Å². The molecule has 0 radical (unpaired) electrons. The van der Waals surface area contributed by atoms with Crippen molar-refractivity contribution >= 4 is 40.6 Å². The van der Waals surface area contributed by atoms with Crippen LogP contribution in [0.2, 0.25) is 5.02 Å². The summed E-state index contributed by atoms with van der Waals surface area (Å²) in [5.74, 6) is 1.28. The van der Waals surface area contributed by atoms with Crippen LogP contribution >= 0.6 is 23.4 Å². The monoisotopic (exact) mass is 431 g/mol. The van der Waals surface area contributed by atoms with Gasteiger partial charge in [0.1, 0.15) is 0 Å². The molecule has 0 aliphatic carbocycles. The SMILES string of the molecule is COc1cc(/C=C2\SC(=O)N(Cc3ccccc3Cl)C2=O)ccc1OCC(C)C. The summed E-state index contributed by atoms with van der Waals surface area (Å²) in [5.41, 5.74) is 1.48. The van der Waals surface area contributed by atoms with Gasteiger partial charge in [0, 0.05) is 5.02 Å². The normalized spacial score (nSPS) is 15.5. The minimum Gasteiger partial charge on any atom is -0.493 e.